The molecular formula is C25H25N5O3S. The van der Waals surface area contributed by atoms with Crippen molar-refractivity contribution < 1.29 is 14.3 Å². The Hall–Kier alpha value is -3.98. The van der Waals surface area contributed by atoms with Crippen molar-refractivity contribution in [3.05, 3.63) is 71.8 Å². The van der Waals surface area contributed by atoms with Crippen LogP contribution in [0.2, 0.25) is 0 Å². The number of nitrogens with zero attached hydrogens (tertiary/aromatic N) is 3. The van der Waals surface area contributed by atoms with Crippen molar-refractivity contribution in [2.24, 2.45) is 0 Å². The first kappa shape index (κ1) is 23.2. The lowest BCUT2D eigenvalue weighted by Crippen LogP contribution is -2.34. The van der Waals surface area contributed by atoms with Gasteiger partial charge in [-0.15, -0.1) is 10.2 Å². The first-order chi connectivity index (χ1) is 16.5. The molecule has 0 fully saturated rings. The van der Waals surface area contributed by atoms with E-state index in [1.54, 1.807) is 29.1 Å². The molecule has 8 nitrogen and oxygen atoms in total. The first-order valence-corrected chi connectivity index (χ1v) is 11.3. The monoisotopic (exact) mass is 475 g/mol. The Kier molecular flexibility index (Phi) is 7.03. The van der Waals surface area contributed by atoms with E-state index in [-0.39, 0.29) is 11.0 Å². The van der Waals surface area contributed by atoms with Crippen molar-refractivity contribution in [2.75, 3.05) is 18.5 Å². The Morgan fingerprint density at radius 3 is 2.32 bits per heavy atom. The average Bonchev–Trinajstić information content (AvgIpc) is 3.23. The minimum atomic E-state index is -0.320. The molecule has 174 valence electrons. The number of anilines is 1. The molecule has 34 heavy (non-hydrogen) atoms. The highest BCUT2D eigenvalue weighted by Crippen LogP contribution is 2.23. The van der Waals surface area contributed by atoms with Crippen molar-refractivity contribution in [1.82, 2.24) is 20.3 Å². The summed E-state index contributed by atoms with van der Waals surface area (Å²) in [6.45, 7) is 6.91. The number of aromatic nitrogens is 3. The van der Waals surface area contributed by atoms with Gasteiger partial charge in [0, 0.05) is 11.3 Å². The molecule has 0 bridgehead atoms. The van der Waals surface area contributed by atoms with E-state index in [1.807, 2.05) is 57.2 Å². The van der Waals surface area contributed by atoms with Crippen LogP contribution in [0.3, 0.4) is 0 Å². The van der Waals surface area contributed by atoms with Crippen molar-refractivity contribution in [3.63, 3.8) is 0 Å². The maximum atomic E-state index is 12.6. The summed E-state index contributed by atoms with van der Waals surface area (Å²) in [6.07, 6.45) is 0. The van der Waals surface area contributed by atoms with Crippen LogP contribution in [0.1, 0.15) is 29.8 Å². The fourth-order valence-electron chi connectivity index (χ4n) is 3.38. The van der Waals surface area contributed by atoms with Gasteiger partial charge in [-0.25, -0.2) is 0 Å². The molecular weight excluding hydrogens is 450 g/mol. The number of nitrogens with one attached hydrogen (secondary N) is 2. The van der Waals surface area contributed by atoms with Gasteiger partial charge in [0.1, 0.15) is 22.5 Å². The largest absolute Gasteiger partial charge is 0.494 e. The number of carbonyl (C=O) groups is 1. The number of carbonyl (C=O) groups excluding carboxylic acids is 1. The molecule has 0 radical (unpaired) electrons. The van der Waals surface area contributed by atoms with E-state index in [0.29, 0.717) is 30.0 Å². The minimum absolute atomic E-state index is 0.188. The predicted molar refractivity (Wildman–Crippen MR) is 136 cm³/mol. The van der Waals surface area contributed by atoms with Crippen LogP contribution in [0.15, 0.2) is 60.7 Å². The van der Waals surface area contributed by atoms with E-state index >= 15 is 0 Å². The summed E-state index contributed by atoms with van der Waals surface area (Å²) < 4.78 is 10.9. The molecule has 0 unspecified atom stereocenters. The molecule has 4 rings (SSSR count). The molecule has 0 saturated heterocycles. The second-order valence-corrected chi connectivity index (χ2v) is 7.85. The number of hydrogen-bond donors (Lipinski definition) is 2. The molecule has 0 spiro atoms. The maximum absolute atomic E-state index is 12.6. The van der Waals surface area contributed by atoms with Gasteiger partial charge in [0.2, 0.25) is 0 Å². The number of amides is 1. The van der Waals surface area contributed by atoms with Crippen LogP contribution in [0, 0.1) is 6.92 Å². The van der Waals surface area contributed by atoms with Crippen LogP contribution in [-0.4, -0.2) is 39.2 Å². The normalized spacial score (nSPS) is 10.7. The standard InChI is InChI=1S/C25H25N5O3S/c1-4-32-19-11-9-18(10-12-19)30-28-22-13-16(3)21(15-23(22)29-30)26-25(34)27-24(31)17-7-6-8-20(14-17)33-5-2/h6-15H,4-5H2,1-3H3,(H2,26,27,31,34). The van der Waals surface area contributed by atoms with E-state index in [0.717, 1.165) is 28.2 Å². The van der Waals surface area contributed by atoms with Gasteiger partial charge >= 0.3 is 0 Å². The quantitative estimate of drug-likeness (QED) is 0.376. The van der Waals surface area contributed by atoms with Gasteiger partial charge in [-0.2, -0.15) is 4.80 Å². The number of hydrogen-bond acceptors (Lipinski definition) is 6. The SMILES string of the molecule is CCOc1ccc(-n2nc3cc(C)c(NC(=S)NC(=O)c4cccc(OCC)c4)cc3n2)cc1. The highest BCUT2D eigenvalue weighted by atomic mass is 32.1. The summed E-state index contributed by atoms with van der Waals surface area (Å²) in [5.41, 5.74) is 4.38. The first-order valence-electron chi connectivity index (χ1n) is 10.9. The number of aryl methyl sites for hydroxylation is 1. The number of fused-ring (bicyclic) bond motifs is 1. The van der Waals surface area contributed by atoms with Gasteiger partial charge < -0.3 is 14.8 Å². The Bertz CT molecular complexity index is 1330. The minimum Gasteiger partial charge on any atom is -0.494 e. The van der Waals surface area contributed by atoms with Crippen molar-refractivity contribution >= 4 is 40.0 Å². The van der Waals surface area contributed by atoms with Gasteiger partial charge in [-0.1, -0.05) is 6.07 Å². The third kappa shape index (κ3) is 5.32. The Balaban J connectivity index is 1.48. The molecule has 1 heterocycles. The summed E-state index contributed by atoms with van der Waals surface area (Å²) in [5.74, 6) is 1.11. The number of benzene rings is 3. The number of rotatable bonds is 7. The summed E-state index contributed by atoms with van der Waals surface area (Å²) in [7, 11) is 0. The van der Waals surface area contributed by atoms with E-state index in [1.165, 1.54) is 0 Å². The van der Waals surface area contributed by atoms with Crippen LogP contribution in [-0.2, 0) is 0 Å². The Morgan fingerprint density at radius 2 is 1.62 bits per heavy atom. The number of thiocarbonyl (C=S) groups is 1. The maximum Gasteiger partial charge on any atom is 0.257 e. The smallest absolute Gasteiger partial charge is 0.257 e. The molecule has 1 aromatic heterocycles. The molecule has 0 saturated carbocycles. The second kappa shape index (κ2) is 10.3. The fraction of sp³-hybridized carbons (Fsp3) is 0.200. The summed E-state index contributed by atoms with van der Waals surface area (Å²) in [6, 6.07) is 18.3. The summed E-state index contributed by atoms with van der Waals surface area (Å²) >= 11 is 5.37. The van der Waals surface area contributed by atoms with E-state index in [4.69, 9.17) is 21.7 Å². The lowest BCUT2D eigenvalue weighted by atomic mass is 10.2. The molecule has 3 aromatic carbocycles. The van der Waals surface area contributed by atoms with E-state index in [9.17, 15) is 4.79 Å². The third-order valence-corrected chi connectivity index (χ3v) is 5.19. The van der Waals surface area contributed by atoms with Gasteiger partial charge in [0.25, 0.3) is 5.91 Å². The Labute approximate surface area is 202 Å². The lowest BCUT2D eigenvalue weighted by molar-refractivity contribution is 0.0977. The molecule has 0 aliphatic rings. The zero-order valence-electron chi connectivity index (χ0n) is 19.2. The molecule has 0 aliphatic carbocycles. The highest BCUT2D eigenvalue weighted by Gasteiger charge is 2.12. The molecule has 4 aromatic rings. The zero-order chi connectivity index (χ0) is 24.1. The lowest BCUT2D eigenvalue weighted by Gasteiger charge is -2.12. The third-order valence-electron chi connectivity index (χ3n) is 4.99. The van der Waals surface area contributed by atoms with Crippen LogP contribution in [0.4, 0.5) is 5.69 Å². The van der Waals surface area contributed by atoms with Crippen molar-refractivity contribution in [2.45, 2.75) is 20.8 Å². The highest BCUT2D eigenvalue weighted by molar-refractivity contribution is 7.80. The molecule has 2 N–H and O–H groups in total. The van der Waals surface area contributed by atoms with Gasteiger partial charge in [0.05, 0.1) is 18.9 Å². The van der Waals surface area contributed by atoms with Crippen LogP contribution in [0.25, 0.3) is 16.7 Å². The molecule has 9 heteroatoms. The number of ether oxygens (including phenoxy) is 2. The Morgan fingerprint density at radius 1 is 0.941 bits per heavy atom. The van der Waals surface area contributed by atoms with Gasteiger partial charge in [0.15, 0.2) is 5.11 Å². The molecule has 1 amide bonds. The summed E-state index contributed by atoms with van der Waals surface area (Å²) in [5, 5.41) is 15.1. The van der Waals surface area contributed by atoms with Crippen molar-refractivity contribution in [3.8, 4) is 17.2 Å². The zero-order valence-corrected chi connectivity index (χ0v) is 20.0. The van der Waals surface area contributed by atoms with Crippen LogP contribution >= 0.6 is 12.2 Å². The average molecular weight is 476 g/mol. The van der Waals surface area contributed by atoms with E-state index in [2.05, 4.69) is 20.8 Å². The van der Waals surface area contributed by atoms with Gasteiger partial charge in [-0.05, 0) is 93.1 Å². The predicted octanol–water partition coefficient (Wildman–Crippen LogP) is 4.65. The second-order valence-electron chi connectivity index (χ2n) is 7.44. The summed E-state index contributed by atoms with van der Waals surface area (Å²) in [4.78, 5) is 14.2. The van der Waals surface area contributed by atoms with Crippen molar-refractivity contribution in [1.29, 1.82) is 0 Å². The van der Waals surface area contributed by atoms with Crippen LogP contribution in [0.5, 0.6) is 11.5 Å². The fourth-order valence-corrected chi connectivity index (χ4v) is 3.59. The molecule has 0 aliphatic heterocycles. The van der Waals surface area contributed by atoms with E-state index < -0.39 is 0 Å². The molecule has 0 atom stereocenters. The van der Waals surface area contributed by atoms with Crippen LogP contribution < -0.4 is 20.1 Å². The van der Waals surface area contributed by atoms with Gasteiger partial charge in [-0.3, -0.25) is 10.1 Å². The topological polar surface area (TPSA) is 90.3 Å².